The first-order chi connectivity index (χ1) is 10.0. The van der Waals surface area contributed by atoms with Crippen molar-refractivity contribution in [1.29, 1.82) is 0 Å². The van der Waals surface area contributed by atoms with Crippen LogP contribution in [0.3, 0.4) is 0 Å². The lowest BCUT2D eigenvalue weighted by Gasteiger charge is -2.12. The molecule has 0 radical (unpaired) electrons. The minimum Gasteiger partial charge on any atom is -0.396 e. The summed E-state index contributed by atoms with van der Waals surface area (Å²) in [6, 6.07) is 5.41. The van der Waals surface area contributed by atoms with Crippen molar-refractivity contribution in [3.05, 3.63) is 39.8 Å². The fourth-order valence-electron chi connectivity index (χ4n) is 1.70. The van der Waals surface area contributed by atoms with Gasteiger partial charge in [0.1, 0.15) is 10.9 Å². The molecule has 0 aliphatic heterocycles. The van der Waals surface area contributed by atoms with Gasteiger partial charge < -0.3 is 5.11 Å². The van der Waals surface area contributed by atoms with Gasteiger partial charge in [-0.2, -0.15) is 0 Å². The summed E-state index contributed by atoms with van der Waals surface area (Å²) < 4.78 is 0. The number of thioether (sulfide) groups is 1. The Labute approximate surface area is 142 Å². The fourth-order valence-corrected chi connectivity index (χ4v) is 4.12. The number of aliphatic hydroxyl groups is 1. The lowest BCUT2D eigenvalue weighted by Crippen LogP contribution is -1.99. The van der Waals surface area contributed by atoms with Crippen LogP contribution in [0.1, 0.15) is 11.5 Å². The van der Waals surface area contributed by atoms with Crippen molar-refractivity contribution in [3.63, 3.8) is 0 Å². The molecule has 21 heavy (non-hydrogen) atoms. The van der Waals surface area contributed by atoms with Gasteiger partial charge in [0.05, 0.1) is 22.2 Å². The SMILES string of the molecule is Cc1nc(C)c(Sc2ccc(Cl)cc2Cl)c(SCCO)n1. The Bertz CT molecular complexity index is 653. The molecule has 1 aromatic heterocycles. The Morgan fingerprint density at radius 3 is 2.62 bits per heavy atom. The van der Waals surface area contributed by atoms with Crippen LogP contribution in [0, 0.1) is 13.8 Å². The molecule has 0 fully saturated rings. The third kappa shape index (κ3) is 4.50. The minimum absolute atomic E-state index is 0.110. The van der Waals surface area contributed by atoms with Crippen LogP contribution >= 0.6 is 46.7 Å². The standard InChI is InChI=1S/C14H14Cl2N2OS2/c1-8-13(14(20-6-5-19)18-9(2)17-8)21-12-4-3-10(15)7-11(12)16/h3-4,7,19H,5-6H2,1-2H3. The van der Waals surface area contributed by atoms with Crippen molar-refractivity contribution in [2.75, 3.05) is 12.4 Å². The van der Waals surface area contributed by atoms with Crippen LogP contribution in [0.4, 0.5) is 0 Å². The number of benzene rings is 1. The maximum absolute atomic E-state index is 9.01. The summed E-state index contributed by atoms with van der Waals surface area (Å²) in [6.07, 6.45) is 0. The van der Waals surface area contributed by atoms with E-state index in [0.717, 1.165) is 26.3 Å². The lowest BCUT2D eigenvalue weighted by atomic mass is 10.4. The third-order valence-corrected chi connectivity index (χ3v) is 5.57. The van der Waals surface area contributed by atoms with Crippen molar-refractivity contribution < 1.29 is 5.11 Å². The summed E-state index contributed by atoms with van der Waals surface area (Å²) >= 11 is 15.2. The largest absolute Gasteiger partial charge is 0.396 e. The average molecular weight is 361 g/mol. The van der Waals surface area contributed by atoms with Gasteiger partial charge >= 0.3 is 0 Å². The molecule has 0 spiro atoms. The summed E-state index contributed by atoms with van der Waals surface area (Å²) in [5.74, 6) is 1.32. The Morgan fingerprint density at radius 2 is 1.95 bits per heavy atom. The van der Waals surface area contributed by atoms with Crippen LogP contribution in [0.25, 0.3) is 0 Å². The fraction of sp³-hybridized carbons (Fsp3) is 0.286. The Balaban J connectivity index is 2.37. The minimum atomic E-state index is 0.110. The number of aryl methyl sites for hydroxylation is 2. The number of nitrogens with zero attached hydrogens (tertiary/aromatic N) is 2. The topological polar surface area (TPSA) is 46.0 Å². The first-order valence-electron chi connectivity index (χ1n) is 6.23. The van der Waals surface area contributed by atoms with Gasteiger partial charge in [-0.1, -0.05) is 35.0 Å². The third-order valence-electron chi connectivity index (χ3n) is 2.55. The molecule has 0 saturated carbocycles. The number of hydrogen-bond acceptors (Lipinski definition) is 5. The van der Waals surface area contributed by atoms with E-state index in [4.69, 9.17) is 28.3 Å². The summed E-state index contributed by atoms with van der Waals surface area (Å²) in [5.41, 5.74) is 0.902. The van der Waals surface area contributed by atoms with E-state index in [1.807, 2.05) is 19.9 Å². The van der Waals surface area contributed by atoms with Crippen molar-refractivity contribution in [2.45, 2.75) is 28.7 Å². The Kier molecular flexibility index (Phi) is 6.20. The normalized spacial score (nSPS) is 10.9. The van der Waals surface area contributed by atoms with E-state index in [1.54, 1.807) is 12.1 Å². The van der Waals surface area contributed by atoms with Gasteiger partial charge in [-0.25, -0.2) is 9.97 Å². The number of aromatic nitrogens is 2. The predicted octanol–water partition coefficient (Wildman–Crippen LogP) is 4.64. The first kappa shape index (κ1) is 16.9. The maximum Gasteiger partial charge on any atom is 0.126 e. The summed E-state index contributed by atoms with van der Waals surface area (Å²) in [5, 5.41) is 11.1. The summed E-state index contributed by atoms with van der Waals surface area (Å²) in [7, 11) is 0. The molecule has 0 amide bonds. The Hall–Kier alpha value is -0.460. The molecule has 112 valence electrons. The lowest BCUT2D eigenvalue weighted by molar-refractivity contribution is 0.322. The highest BCUT2D eigenvalue weighted by atomic mass is 35.5. The number of rotatable bonds is 5. The van der Waals surface area contributed by atoms with Gasteiger partial charge in [0.15, 0.2) is 0 Å². The highest BCUT2D eigenvalue weighted by Crippen LogP contribution is 2.39. The first-order valence-corrected chi connectivity index (χ1v) is 8.79. The van der Waals surface area contributed by atoms with Gasteiger partial charge in [0, 0.05) is 15.7 Å². The van der Waals surface area contributed by atoms with Gasteiger partial charge in [-0.3, -0.25) is 0 Å². The zero-order chi connectivity index (χ0) is 15.4. The van der Waals surface area contributed by atoms with Crippen LogP contribution in [0.2, 0.25) is 10.0 Å². The van der Waals surface area contributed by atoms with Gasteiger partial charge in [-0.15, -0.1) is 11.8 Å². The monoisotopic (exact) mass is 360 g/mol. The number of hydrogen-bond donors (Lipinski definition) is 1. The Morgan fingerprint density at radius 1 is 1.19 bits per heavy atom. The van der Waals surface area contributed by atoms with E-state index >= 15 is 0 Å². The molecule has 0 saturated heterocycles. The van der Waals surface area contributed by atoms with Gasteiger partial charge in [-0.05, 0) is 32.0 Å². The molecule has 0 unspecified atom stereocenters. The molecule has 7 heteroatoms. The van der Waals surface area contributed by atoms with Gasteiger partial charge in [0.25, 0.3) is 0 Å². The highest BCUT2D eigenvalue weighted by molar-refractivity contribution is 8.02. The second-order valence-corrected chi connectivity index (χ2v) is 7.22. The molecule has 0 aliphatic rings. The summed E-state index contributed by atoms with van der Waals surface area (Å²) in [4.78, 5) is 10.7. The van der Waals surface area contributed by atoms with Crippen molar-refractivity contribution >= 4 is 46.7 Å². The average Bonchev–Trinajstić information content (AvgIpc) is 2.42. The second-order valence-electron chi connectivity index (χ2n) is 4.24. The van der Waals surface area contributed by atoms with E-state index in [2.05, 4.69) is 9.97 Å². The molecule has 2 aromatic rings. The highest BCUT2D eigenvalue weighted by Gasteiger charge is 2.14. The molecule has 2 rings (SSSR count). The van der Waals surface area contributed by atoms with E-state index < -0.39 is 0 Å². The quantitative estimate of drug-likeness (QED) is 0.621. The van der Waals surface area contributed by atoms with E-state index in [0.29, 0.717) is 15.8 Å². The van der Waals surface area contributed by atoms with Gasteiger partial charge in [0.2, 0.25) is 0 Å². The molecule has 0 aliphatic carbocycles. The van der Waals surface area contributed by atoms with Crippen LogP contribution in [0.5, 0.6) is 0 Å². The van der Waals surface area contributed by atoms with E-state index in [1.165, 1.54) is 23.5 Å². The van der Waals surface area contributed by atoms with Crippen LogP contribution in [0.15, 0.2) is 33.0 Å². The van der Waals surface area contributed by atoms with Crippen LogP contribution in [-0.2, 0) is 0 Å². The molecular weight excluding hydrogens is 347 g/mol. The van der Waals surface area contributed by atoms with E-state index in [9.17, 15) is 0 Å². The zero-order valence-electron chi connectivity index (χ0n) is 11.6. The zero-order valence-corrected chi connectivity index (χ0v) is 14.7. The van der Waals surface area contributed by atoms with Crippen LogP contribution < -0.4 is 0 Å². The predicted molar refractivity (Wildman–Crippen MR) is 89.9 cm³/mol. The van der Waals surface area contributed by atoms with Crippen molar-refractivity contribution in [3.8, 4) is 0 Å². The smallest absolute Gasteiger partial charge is 0.126 e. The number of aliphatic hydroxyl groups excluding tert-OH is 1. The summed E-state index contributed by atoms with van der Waals surface area (Å²) in [6.45, 7) is 3.92. The second kappa shape index (κ2) is 7.70. The molecule has 0 atom stereocenters. The molecule has 1 heterocycles. The molecular formula is C14H14Cl2N2OS2. The van der Waals surface area contributed by atoms with Crippen molar-refractivity contribution in [1.82, 2.24) is 9.97 Å². The molecule has 0 bridgehead atoms. The molecule has 3 nitrogen and oxygen atoms in total. The maximum atomic E-state index is 9.01. The molecule has 1 N–H and O–H groups in total. The van der Waals surface area contributed by atoms with E-state index in [-0.39, 0.29) is 6.61 Å². The van der Waals surface area contributed by atoms with Crippen LogP contribution in [-0.4, -0.2) is 27.4 Å². The van der Waals surface area contributed by atoms with Crippen molar-refractivity contribution in [2.24, 2.45) is 0 Å². The molecule has 1 aromatic carbocycles. The number of halogens is 2.